The second-order valence-corrected chi connectivity index (χ2v) is 7.50. The van der Waals surface area contributed by atoms with Crippen LogP contribution in [0.2, 0.25) is 0 Å². The van der Waals surface area contributed by atoms with E-state index in [1.54, 1.807) is 0 Å². The maximum absolute atomic E-state index is 3.92. The molecule has 0 aromatic heterocycles. The summed E-state index contributed by atoms with van der Waals surface area (Å²) in [6, 6.07) is 16.8. The minimum absolute atomic E-state index is 1.05. The van der Waals surface area contributed by atoms with E-state index in [4.69, 9.17) is 0 Å². The predicted molar refractivity (Wildman–Crippen MR) is 146 cm³/mol. The molecule has 0 fully saturated rings. The van der Waals surface area contributed by atoms with E-state index in [0.29, 0.717) is 0 Å². The van der Waals surface area contributed by atoms with Crippen LogP contribution in [0.1, 0.15) is 83.6 Å². The van der Waals surface area contributed by atoms with Crippen molar-refractivity contribution in [3.05, 3.63) is 82.9 Å². The molecule has 0 N–H and O–H groups in total. The van der Waals surface area contributed by atoms with Crippen LogP contribution in [-0.2, 0) is 6.42 Å². The second kappa shape index (κ2) is 24.4. The van der Waals surface area contributed by atoms with E-state index in [2.05, 4.69) is 116 Å². The van der Waals surface area contributed by atoms with E-state index >= 15 is 0 Å². The Bertz CT molecular complexity index is 608. The number of nitrogens with zero attached hydrogens (tertiary/aromatic N) is 1. The van der Waals surface area contributed by atoms with E-state index < -0.39 is 0 Å². The minimum atomic E-state index is 1.05. The summed E-state index contributed by atoms with van der Waals surface area (Å²) in [7, 11) is 2.11. The quantitative estimate of drug-likeness (QED) is 0.430. The van der Waals surface area contributed by atoms with Crippen molar-refractivity contribution in [1.82, 2.24) is 4.90 Å². The Morgan fingerprint density at radius 2 is 1.23 bits per heavy atom. The van der Waals surface area contributed by atoms with Crippen LogP contribution < -0.4 is 0 Å². The maximum Gasteiger partial charge on any atom is 0.0186 e. The van der Waals surface area contributed by atoms with Gasteiger partial charge >= 0.3 is 0 Å². The molecule has 0 aliphatic rings. The second-order valence-electron chi connectivity index (χ2n) is 7.50. The molecule has 0 amide bonds. The molecule has 0 bridgehead atoms. The van der Waals surface area contributed by atoms with Gasteiger partial charge in [-0.2, -0.15) is 0 Å². The third kappa shape index (κ3) is 21.2. The molecule has 2 aromatic rings. The van der Waals surface area contributed by atoms with Gasteiger partial charge in [-0.25, -0.2) is 0 Å². The van der Waals surface area contributed by atoms with Crippen LogP contribution >= 0.6 is 0 Å². The summed E-state index contributed by atoms with van der Waals surface area (Å²) in [4.78, 5) is 2.26. The van der Waals surface area contributed by atoms with Crippen molar-refractivity contribution < 1.29 is 0 Å². The van der Waals surface area contributed by atoms with E-state index in [1.165, 1.54) is 34.2 Å². The lowest BCUT2D eigenvalue weighted by molar-refractivity contribution is 0.380. The van der Waals surface area contributed by atoms with Gasteiger partial charge in [0.05, 0.1) is 0 Å². The highest BCUT2D eigenvalue weighted by Crippen LogP contribution is 2.10. The molecule has 0 radical (unpaired) electrons. The fourth-order valence-corrected chi connectivity index (χ4v) is 2.22. The van der Waals surface area contributed by atoms with Gasteiger partial charge in [0.1, 0.15) is 0 Å². The van der Waals surface area contributed by atoms with E-state index in [0.717, 1.165) is 25.9 Å². The molecule has 0 heterocycles. The van der Waals surface area contributed by atoms with Gasteiger partial charge in [-0.3, -0.25) is 0 Å². The molecule has 0 atom stereocenters. The molecule has 1 heteroatoms. The average molecular weight is 428 g/mol. The van der Waals surface area contributed by atoms with Gasteiger partial charge in [0.15, 0.2) is 0 Å². The number of benzene rings is 2. The lowest BCUT2D eigenvalue weighted by Gasteiger charge is -2.13. The summed E-state index contributed by atoms with van der Waals surface area (Å²) in [5, 5.41) is 0. The number of likely N-dealkylation sites (N-methyl/N-ethyl adjacent to an activating group) is 1. The SMILES string of the molecule is C=C(CC)CN(C)CC.CC.CCC.CCc1ccccc1.Cc1cccc(C)c1C. The topological polar surface area (TPSA) is 3.24 Å². The Labute approximate surface area is 196 Å². The van der Waals surface area contributed by atoms with Crippen LogP contribution in [0, 0.1) is 20.8 Å². The zero-order chi connectivity index (χ0) is 24.7. The first-order chi connectivity index (χ1) is 14.8. The Morgan fingerprint density at radius 1 is 0.774 bits per heavy atom. The molecule has 1 nitrogen and oxygen atoms in total. The molecule has 0 saturated heterocycles. The largest absolute Gasteiger partial charge is 0.303 e. The molecule has 2 aromatic carbocycles. The first kappa shape index (κ1) is 33.8. The summed E-state index contributed by atoms with van der Waals surface area (Å²) in [6.45, 7) is 27.2. The van der Waals surface area contributed by atoms with Crippen LogP contribution in [0.3, 0.4) is 0 Å². The third-order valence-corrected chi connectivity index (χ3v) is 4.66. The molecule has 0 saturated carbocycles. The number of hydrogen-bond donors (Lipinski definition) is 0. The molecule has 178 valence electrons. The standard InChI is InChI=1S/C9H12.C8H17N.C8H10.C3H8.C2H6/c1-7-5-4-6-8(2)9(7)3;1-5-8(3)7-9(4)6-2;1-2-8-6-4-3-5-7-8;1-3-2;1-2/h4-6H,1-3H3;3,5-7H2,1-2,4H3;3-7H,2H2,1H3;3H2,1-2H3;1-2H3. The smallest absolute Gasteiger partial charge is 0.0186 e. The first-order valence-electron chi connectivity index (χ1n) is 12.2. The Balaban J connectivity index is -0.000000343. The lowest BCUT2D eigenvalue weighted by atomic mass is 10.1. The summed E-state index contributed by atoms with van der Waals surface area (Å²) in [5.74, 6) is 0. The summed E-state index contributed by atoms with van der Waals surface area (Å²) < 4.78 is 0. The average Bonchev–Trinajstić information content (AvgIpc) is 2.80. The number of hydrogen-bond acceptors (Lipinski definition) is 1. The van der Waals surface area contributed by atoms with Crippen LogP contribution in [0.15, 0.2) is 60.7 Å². The Kier molecular flexibility index (Phi) is 26.6. The van der Waals surface area contributed by atoms with Crippen LogP contribution in [0.25, 0.3) is 0 Å². The highest BCUT2D eigenvalue weighted by atomic mass is 15.1. The minimum Gasteiger partial charge on any atom is -0.303 e. The van der Waals surface area contributed by atoms with Crippen molar-refractivity contribution in [2.24, 2.45) is 0 Å². The van der Waals surface area contributed by atoms with Crippen molar-refractivity contribution in [2.75, 3.05) is 20.1 Å². The van der Waals surface area contributed by atoms with Crippen molar-refractivity contribution >= 4 is 0 Å². The van der Waals surface area contributed by atoms with E-state index in [9.17, 15) is 0 Å². The molecule has 0 spiro atoms. The Hall–Kier alpha value is -1.86. The van der Waals surface area contributed by atoms with Crippen LogP contribution in [0.5, 0.6) is 0 Å². The molecule has 2 rings (SSSR count). The van der Waals surface area contributed by atoms with Gasteiger partial charge in [0.25, 0.3) is 0 Å². The Morgan fingerprint density at radius 3 is 1.52 bits per heavy atom. The monoisotopic (exact) mass is 427 g/mol. The maximum atomic E-state index is 3.92. The lowest BCUT2D eigenvalue weighted by Crippen LogP contribution is -2.19. The summed E-state index contributed by atoms with van der Waals surface area (Å²) in [5.41, 5.74) is 6.91. The zero-order valence-electron chi connectivity index (χ0n) is 22.8. The van der Waals surface area contributed by atoms with Crippen molar-refractivity contribution in [3.63, 3.8) is 0 Å². The summed E-state index contributed by atoms with van der Waals surface area (Å²) >= 11 is 0. The highest BCUT2D eigenvalue weighted by Gasteiger charge is 1.94. The van der Waals surface area contributed by atoms with Gasteiger partial charge in [-0.1, -0.05) is 116 Å². The van der Waals surface area contributed by atoms with Crippen LogP contribution in [0.4, 0.5) is 0 Å². The van der Waals surface area contributed by atoms with Gasteiger partial charge in [0.2, 0.25) is 0 Å². The third-order valence-electron chi connectivity index (χ3n) is 4.66. The number of aryl methyl sites for hydroxylation is 3. The van der Waals surface area contributed by atoms with Gasteiger partial charge in [-0.05, 0) is 69.5 Å². The van der Waals surface area contributed by atoms with Crippen molar-refractivity contribution in [2.45, 2.75) is 88.5 Å². The fraction of sp³-hybridized carbons (Fsp3) is 0.533. The van der Waals surface area contributed by atoms with Gasteiger partial charge in [-0.15, -0.1) is 0 Å². The summed E-state index contributed by atoms with van der Waals surface area (Å²) in [6.07, 6.45) is 3.49. The molecule has 0 aliphatic carbocycles. The molecule has 31 heavy (non-hydrogen) atoms. The molecule has 0 aliphatic heterocycles. The molecular formula is C30H53N. The van der Waals surface area contributed by atoms with E-state index in [-0.39, 0.29) is 0 Å². The number of rotatable bonds is 5. The van der Waals surface area contributed by atoms with Crippen molar-refractivity contribution in [1.29, 1.82) is 0 Å². The van der Waals surface area contributed by atoms with Crippen LogP contribution in [-0.4, -0.2) is 25.0 Å². The molecular weight excluding hydrogens is 374 g/mol. The van der Waals surface area contributed by atoms with Gasteiger partial charge in [0, 0.05) is 6.54 Å². The van der Waals surface area contributed by atoms with E-state index in [1.807, 2.05) is 19.9 Å². The fourth-order valence-electron chi connectivity index (χ4n) is 2.22. The zero-order valence-corrected chi connectivity index (χ0v) is 22.8. The first-order valence-corrected chi connectivity index (χ1v) is 12.2. The molecule has 0 unspecified atom stereocenters. The predicted octanol–water partition coefficient (Wildman–Crippen LogP) is 9.21. The van der Waals surface area contributed by atoms with Crippen molar-refractivity contribution in [3.8, 4) is 0 Å². The normalized spacial score (nSPS) is 8.90. The highest BCUT2D eigenvalue weighted by molar-refractivity contribution is 5.31. The van der Waals surface area contributed by atoms with Gasteiger partial charge < -0.3 is 4.90 Å².